The first-order valence-corrected chi connectivity index (χ1v) is 5.22. The van der Waals surface area contributed by atoms with Gasteiger partial charge in [0.05, 0.1) is 18.5 Å². The molecule has 0 atom stereocenters. The van der Waals surface area contributed by atoms with Gasteiger partial charge in [-0.15, -0.1) is 5.10 Å². The van der Waals surface area contributed by atoms with E-state index in [0.717, 1.165) is 16.8 Å². The van der Waals surface area contributed by atoms with E-state index in [4.69, 9.17) is 5.11 Å². The number of nitrogens with zero attached hydrogens (tertiary/aromatic N) is 3. The van der Waals surface area contributed by atoms with Gasteiger partial charge in [0.25, 0.3) is 0 Å². The lowest BCUT2D eigenvalue weighted by Crippen LogP contribution is -2.01. The van der Waals surface area contributed by atoms with E-state index in [0.29, 0.717) is 5.69 Å². The van der Waals surface area contributed by atoms with Crippen molar-refractivity contribution in [1.82, 2.24) is 15.0 Å². The van der Waals surface area contributed by atoms with Crippen LogP contribution in [0.1, 0.15) is 22.4 Å². The van der Waals surface area contributed by atoms with Crippen LogP contribution >= 0.6 is 0 Å². The molecule has 0 radical (unpaired) electrons. The van der Waals surface area contributed by atoms with Crippen molar-refractivity contribution in [2.75, 3.05) is 0 Å². The van der Waals surface area contributed by atoms with Gasteiger partial charge in [-0.1, -0.05) is 22.9 Å². The lowest BCUT2D eigenvalue weighted by molar-refractivity contribution is 0.276. The van der Waals surface area contributed by atoms with Crippen molar-refractivity contribution >= 4 is 0 Å². The van der Waals surface area contributed by atoms with Gasteiger partial charge in [0, 0.05) is 0 Å². The molecule has 2 rings (SSSR count). The van der Waals surface area contributed by atoms with E-state index < -0.39 is 0 Å². The summed E-state index contributed by atoms with van der Waals surface area (Å²) in [5, 5.41) is 16.9. The second-order valence-corrected chi connectivity index (χ2v) is 4.06. The maximum Gasteiger partial charge on any atom is 0.109 e. The van der Waals surface area contributed by atoms with Gasteiger partial charge in [-0.2, -0.15) is 0 Å². The van der Waals surface area contributed by atoms with Crippen LogP contribution in [0.4, 0.5) is 0 Å². The minimum Gasteiger partial charge on any atom is -0.390 e. The topological polar surface area (TPSA) is 50.9 Å². The highest BCUT2D eigenvalue weighted by Crippen LogP contribution is 2.20. The number of benzene rings is 1. The molecule has 4 heteroatoms. The Balaban J connectivity index is 2.55. The van der Waals surface area contributed by atoms with Gasteiger partial charge < -0.3 is 5.11 Å². The van der Waals surface area contributed by atoms with E-state index in [1.807, 2.05) is 0 Å². The summed E-state index contributed by atoms with van der Waals surface area (Å²) in [4.78, 5) is 0. The SMILES string of the molecule is Cc1cc(C)c(-n2cc(CO)nn2)c(C)c1. The molecular weight excluding hydrogens is 202 g/mol. The van der Waals surface area contributed by atoms with Crippen LogP contribution in [0, 0.1) is 20.8 Å². The molecule has 0 saturated heterocycles. The summed E-state index contributed by atoms with van der Waals surface area (Å²) >= 11 is 0. The van der Waals surface area contributed by atoms with Crippen molar-refractivity contribution in [2.24, 2.45) is 0 Å². The first kappa shape index (κ1) is 10.8. The lowest BCUT2D eigenvalue weighted by atomic mass is 10.1. The summed E-state index contributed by atoms with van der Waals surface area (Å²) in [6.07, 6.45) is 1.75. The van der Waals surface area contributed by atoms with E-state index in [-0.39, 0.29) is 6.61 Å². The predicted octanol–water partition coefficient (Wildman–Crippen LogP) is 1.68. The van der Waals surface area contributed by atoms with Crippen LogP contribution in [0.25, 0.3) is 5.69 Å². The highest BCUT2D eigenvalue weighted by Gasteiger charge is 2.08. The molecule has 0 unspecified atom stereocenters. The van der Waals surface area contributed by atoms with Gasteiger partial charge in [-0.3, -0.25) is 0 Å². The molecule has 1 aromatic carbocycles. The normalized spacial score (nSPS) is 10.8. The van der Waals surface area contributed by atoms with Crippen LogP contribution in [-0.4, -0.2) is 20.1 Å². The Morgan fingerprint density at radius 1 is 1.19 bits per heavy atom. The van der Waals surface area contributed by atoms with Gasteiger partial charge in [-0.25, -0.2) is 4.68 Å². The van der Waals surface area contributed by atoms with Crippen molar-refractivity contribution in [2.45, 2.75) is 27.4 Å². The Morgan fingerprint density at radius 3 is 2.31 bits per heavy atom. The largest absolute Gasteiger partial charge is 0.390 e. The number of aliphatic hydroxyl groups excluding tert-OH is 1. The third-order valence-corrected chi connectivity index (χ3v) is 2.57. The van der Waals surface area contributed by atoms with Crippen LogP contribution in [0.5, 0.6) is 0 Å². The zero-order chi connectivity index (χ0) is 11.7. The fourth-order valence-electron chi connectivity index (χ4n) is 2.01. The van der Waals surface area contributed by atoms with Crippen molar-refractivity contribution < 1.29 is 5.11 Å². The Morgan fingerprint density at radius 2 is 1.81 bits per heavy atom. The van der Waals surface area contributed by atoms with E-state index in [9.17, 15) is 0 Å². The van der Waals surface area contributed by atoms with E-state index in [1.54, 1.807) is 10.9 Å². The molecule has 0 saturated carbocycles. The summed E-state index contributed by atoms with van der Waals surface area (Å²) in [6.45, 7) is 6.10. The third-order valence-electron chi connectivity index (χ3n) is 2.57. The summed E-state index contributed by atoms with van der Waals surface area (Å²) in [7, 11) is 0. The second kappa shape index (κ2) is 4.06. The van der Waals surface area contributed by atoms with Gasteiger partial charge in [0.15, 0.2) is 0 Å². The molecular formula is C12H15N3O. The Hall–Kier alpha value is -1.68. The Bertz CT molecular complexity index is 494. The highest BCUT2D eigenvalue weighted by molar-refractivity contribution is 5.48. The van der Waals surface area contributed by atoms with Crippen LogP contribution < -0.4 is 0 Å². The number of aryl methyl sites for hydroxylation is 3. The van der Waals surface area contributed by atoms with Gasteiger partial charge in [0.2, 0.25) is 0 Å². The second-order valence-electron chi connectivity index (χ2n) is 4.06. The third kappa shape index (κ3) is 1.84. The average Bonchev–Trinajstić information content (AvgIpc) is 2.64. The lowest BCUT2D eigenvalue weighted by Gasteiger charge is -2.10. The van der Waals surface area contributed by atoms with E-state index in [2.05, 4.69) is 43.2 Å². The Labute approximate surface area is 94.5 Å². The molecule has 84 valence electrons. The summed E-state index contributed by atoms with van der Waals surface area (Å²) < 4.78 is 1.72. The van der Waals surface area contributed by atoms with Crippen LogP contribution in [0.3, 0.4) is 0 Å². The molecule has 0 fully saturated rings. The number of rotatable bonds is 2. The number of hydrogen-bond donors (Lipinski definition) is 1. The molecule has 1 N–H and O–H groups in total. The molecule has 0 amide bonds. The van der Waals surface area contributed by atoms with Crippen LogP contribution in [0.15, 0.2) is 18.3 Å². The number of hydrogen-bond acceptors (Lipinski definition) is 3. The average molecular weight is 217 g/mol. The zero-order valence-electron chi connectivity index (χ0n) is 9.73. The first-order valence-electron chi connectivity index (χ1n) is 5.22. The van der Waals surface area contributed by atoms with Crippen LogP contribution in [-0.2, 0) is 6.61 Å². The summed E-state index contributed by atoms with van der Waals surface area (Å²) in [5.74, 6) is 0. The maximum absolute atomic E-state index is 8.96. The van der Waals surface area contributed by atoms with Gasteiger partial charge in [0.1, 0.15) is 5.69 Å². The first-order chi connectivity index (χ1) is 7.61. The van der Waals surface area contributed by atoms with Gasteiger partial charge in [-0.05, 0) is 31.9 Å². The van der Waals surface area contributed by atoms with Crippen molar-refractivity contribution in [3.8, 4) is 5.69 Å². The molecule has 2 aromatic rings. The molecule has 0 aliphatic carbocycles. The quantitative estimate of drug-likeness (QED) is 0.832. The van der Waals surface area contributed by atoms with Gasteiger partial charge >= 0.3 is 0 Å². The minimum atomic E-state index is -0.0794. The molecule has 16 heavy (non-hydrogen) atoms. The fraction of sp³-hybridized carbons (Fsp3) is 0.333. The summed E-state index contributed by atoms with van der Waals surface area (Å²) in [6, 6.07) is 4.23. The molecule has 0 spiro atoms. The van der Waals surface area contributed by atoms with E-state index in [1.165, 1.54) is 5.56 Å². The van der Waals surface area contributed by atoms with E-state index >= 15 is 0 Å². The minimum absolute atomic E-state index is 0.0794. The fourth-order valence-corrected chi connectivity index (χ4v) is 2.01. The molecule has 0 aliphatic rings. The molecule has 0 bridgehead atoms. The van der Waals surface area contributed by atoms with Crippen LogP contribution in [0.2, 0.25) is 0 Å². The monoisotopic (exact) mass is 217 g/mol. The van der Waals surface area contributed by atoms with Crippen molar-refractivity contribution in [3.63, 3.8) is 0 Å². The maximum atomic E-state index is 8.96. The molecule has 1 aromatic heterocycles. The number of aliphatic hydroxyl groups is 1. The van der Waals surface area contributed by atoms with Crippen molar-refractivity contribution in [3.05, 3.63) is 40.7 Å². The molecule has 4 nitrogen and oxygen atoms in total. The summed E-state index contributed by atoms with van der Waals surface area (Å²) in [5.41, 5.74) is 5.18. The van der Waals surface area contributed by atoms with Crippen molar-refractivity contribution in [1.29, 1.82) is 0 Å². The predicted molar refractivity (Wildman–Crippen MR) is 61.5 cm³/mol. The Kier molecular flexibility index (Phi) is 2.75. The smallest absolute Gasteiger partial charge is 0.109 e. The zero-order valence-corrected chi connectivity index (χ0v) is 9.73. The molecule has 1 heterocycles. The number of aromatic nitrogens is 3. The standard InChI is InChI=1S/C12H15N3O/c1-8-4-9(2)12(10(3)5-8)15-6-11(7-16)13-14-15/h4-6,16H,7H2,1-3H3. The molecule has 0 aliphatic heterocycles. The highest BCUT2D eigenvalue weighted by atomic mass is 16.3.